The Morgan fingerprint density at radius 2 is 1.79 bits per heavy atom. The van der Waals surface area contributed by atoms with Gasteiger partial charge in [-0.05, 0) is 19.8 Å². The van der Waals surface area contributed by atoms with Crippen LogP contribution in [-0.2, 0) is 0 Å². The van der Waals surface area contributed by atoms with Crippen molar-refractivity contribution in [1.82, 2.24) is 10.2 Å². The predicted octanol–water partition coefficient (Wildman–Crippen LogP) is 2.00. The predicted molar refractivity (Wildman–Crippen MR) is 60.5 cm³/mol. The first kappa shape index (κ1) is 10.4. The fraction of sp³-hybridized carbons (Fsp3) is 1.00. The van der Waals surface area contributed by atoms with Gasteiger partial charge in [0, 0.05) is 31.7 Å². The largest absolute Gasteiger partial charge is 0.314 e. The van der Waals surface area contributed by atoms with Gasteiger partial charge >= 0.3 is 0 Å². The Labute approximate surface area is 88.1 Å². The van der Waals surface area contributed by atoms with E-state index < -0.39 is 0 Å². The molecule has 82 valence electrons. The minimum Gasteiger partial charge on any atom is -0.314 e. The van der Waals surface area contributed by atoms with Crippen LogP contribution in [0.1, 0.15) is 45.4 Å². The van der Waals surface area contributed by atoms with Crippen LogP contribution >= 0.6 is 0 Å². The van der Waals surface area contributed by atoms with Gasteiger partial charge in [-0.15, -0.1) is 0 Å². The fourth-order valence-corrected chi connectivity index (χ4v) is 2.99. The first-order chi connectivity index (χ1) is 6.88. The van der Waals surface area contributed by atoms with E-state index in [0.717, 1.165) is 12.1 Å². The van der Waals surface area contributed by atoms with Crippen molar-refractivity contribution in [3.8, 4) is 0 Å². The van der Waals surface area contributed by atoms with E-state index in [9.17, 15) is 0 Å². The van der Waals surface area contributed by atoms with Crippen molar-refractivity contribution in [2.45, 2.75) is 57.5 Å². The minimum atomic E-state index is 0.756. The molecule has 0 aromatic carbocycles. The quantitative estimate of drug-likeness (QED) is 0.645. The molecule has 2 heteroatoms. The molecule has 0 spiro atoms. The molecule has 0 aromatic heterocycles. The van der Waals surface area contributed by atoms with Crippen LogP contribution in [0.2, 0.25) is 0 Å². The maximum Gasteiger partial charge on any atom is 0.0195 e. The minimum absolute atomic E-state index is 0.756. The van der Waals surface area contributed by atoms with Crippen LogP contribution < -0.4 is 5.32 Å². The third-order valence-electron chi connectivity index (χ3n) is 3.85. The number of nitrogens with one attached hydrogen (secondary N) is 1. The number of rotatable bonds is 1. The van der Waals surface area contributed by atoms with Crippen molar-refractivity contribution < 1.29 is 0 Å². The molecule has 0 unspecified atom stereocenters. The van der Waals surface area contributed by atoms with Crippen molar-refractivity contribution in [2.24, 2.45) is 0 Å². The SMILES string of the molecule is C[C@@H]1CNCCN1C1CCCCCC1. The zero-order valence-corrected chi connectivity index (χ0v) is 9.47. The Kier molecular flexibility index (Phi) is 3.82. The third-order valence-corrected chi connectivity index (χ3v) is 3.85. The van der Waals surface area contributed by atoms with E-state index in [1.807, 2.05) is 0 Å². The Hall–Kier alpha value is -0.0800. The summed E-state index contributed by atoms with van der Waals surface area (Å²) in [5.74, 6) is 0. The van der Waals surface area contributed by atoms with Gasteiger partial charge in [0.15, 0.2) is 0 Å². The molecule has 2 nitrogen and oxygen atoms in total. The van der Waals surface area contributed by atoms with Gasteiger partial charge in [-0.3, -0.25) is 4.90 Å². The van der Waals surface area contributed by atoms with E-state index in [1.165, 1.54) is 58.2 Å². The molecular formula is C12H24N2. The van der Waals surface area contributed by atoms with Crippen molar-refractivity contribution >= 4 is 0 Å². The molecule has 14 heavy (non-hydrogen) atoms. The summed E-state index contributed by atoms with van der Waals surface area (Å²) in [6.07, 6.45) is 8.76. The molecule has 0 aromatic rings. The maximum absolute atomic E-state index is 3.48. The smallest absolute Gasteiger partial charge is 0.0195 e. The zero-order chi connectivity index (χ0) is 9.80. The van der Waals surface area contributed by atoms with Crippen molar-refractivity contribution in [2.75, 3.05) is 19.6 Å². The Morgan fingerprint density at radius 3 is 2.43 bits per heavy atom. The van der Waals surface area contributed by atoms with E-state index in [2.05, 4.69) is 17.1 Å². The summed E-state index contributed by atoms with van der Waals surface area (Å²) in [7, 11) is 0. The van der Waals surface area contributed by atoms with Crippen molar-refractivity contribution in [3.63, 3.8) is 0 Å². The molecule has 1 aliphatic carbocycles. The topological polar surface area (TPSA) is 15.3 Å². The number of nitrogens with zero attached hydrogens (tertiary/aromatic N) is 1. The molecule has 1 aliphatic heterocycles. The van der Waals surface area contributed by atoms with Crippen molar-refractivity contribution in [1.29, 1.82) is 0 Å². The standard InChI is InChI=1S/C12H24N2/c1-11-10-13-8-9-14(11)12-6-4-2-3-5-7-12/h11-13H,2-10H2,1H3/t11-/m1/s1. The van der Waals surface area contributed by atoms with Crippen LogP contribution in [0.15, 0.2) is 0 Å². The number of hydrogen-bond donors (Lipinski definition) is 1. The van der Waals surface area contributed by atoms with E-state index in [0.29, 0.717) is 0 Å². The van der Waals surface area contributed by atoms with Gasteiger partial charge in [-0.2, -0.15) is 0 Å². The summed E-state index contributed by atoms with van der Waals surface area (Å²) < 4.78 is 0. The van der Waals surface area contributed by atoms with Crippen LogP contribution in [0.25, 0.3) is 0 Å². The Bertz CT molecular complexity index is 162. The summed E-state index contributed by atoms with van der Waals surface area (Å²) in [5.41, 5.74) is 0. The monoisotopic (exact) mass is 196 g/mol. The van der Waals surface area contributed by atoms with Gasteiger partial charge in [0.1, 0.15) is 0 Å². The lowest BCUT2D eigenvalue weighted by atomic mass is 10.0. The average Bonchev–Trinajstić information content (AvgIpc) is 2.47. The highest BCUT2D eigenvalue weighted by Gasteiger charge is 2.25. The summed E-state index contributed by atoms with van der Waals surface area (Å²) in [5, 5.41) is 3.48. The fourth-order valence-electron chi connectivity index (χ4n) is 2.99. The Balaban J connectivity index is 1.90. The van der Waals surface area contributed by atoms with Gasteiger partial charge in [0.2, 0.25) is 0 Å². The summed E-state index contributed by atoms with van der Waals surface area (Å²) in [6.45, 7) is 6.03. The van der Waals surface area contributed by atoms with E-state index in [4.69, 9.17) is 0 Å². The number of piperazine rings is 1. The van der Waals surface area contributed by atoms with Gasteiger partial charge in [-0.1, -0.05) is 25.7 Å². The molecule has 1 saturated heterocycles. The lowest BCUT2D eigenvalue weighted by Gasteiger charge is -2.39. The molecule has 0 bridgehead atoms. The first-order valence-corrected chi connectivity index (χ1v) is 6.34. The second-order valence-corrected chi connectivity index (χ2v) is 4.94. The first-order valence-electron chi connectivity index (χ1n) is 6.34. The van der Waals surface area contributed by atoms with Crippen LogP contribution in [-0.4, -0.2) is 36.6 Å². The second-order valence-electron chi connectivity index (χ2n) is 4.94. The Morgan fingerprint density at radius 1 is 1.07 bits per heavy atom. The normalized spacial score (nSPS) is 32.8. The average molecular weight is 196 g/mol. The molecule has 1 saturated carbocycles. The lowest BCUT2D eigenvalue weighted by Crippen LogP contribution is -2.53. The molecule has 1 N–H and O–H groups in total. The molecule has 1 atom stereocenters. The summed E-state index contributed by atoms with van der Waals surface area (Å²) in [6, 6.07) is 1.65. The van der Waals surface area contributed by atoms with Crippen LogP contribution in [0.5, 0.6) is 0 Å². The molecule has 2 fully saturated rings. The number of hydrogen-bond acceptors (Lipinski definition) is 2. The highest BCUT2D eigenvalue weighted by atomic mass is 15.2. The third kappa shape index (κ3) is 2.48. The maximum atomic E-state index is 3.48. The molecule has 2 aliphatic rings. The second kappa shape index (κ2) is 5.13. The van der Waals surface area contributed by atoms with Gasteiger partial charge in [-0.25, -0.2) is 0 Å². The lowest BCUT2D eigenvalue weighted by molar-refractivity contribution is 0.106. The van der Waals surface area contributed by atoms with Crippen molar-refractivity contribution in [3.05, 3.63) is 0 Å². The van der Waals surface area contributed by atoms with Gasteiger partial charge in [0.05, 0.1) is 0 Å². The summed E-state index contributed by atoms with van der Waals surface area (Å²) in [4.78, 5) is 2.75. The van der Waals surface area contributed by atoms with E-state index >= 15 is 0 Å². The highest BCUT2D eigenvalue weighted by molar-refractivity contribution is 4.83. The molecule has 1 heterocycles. The molecule has 0 radical (unpaired) electrons. The van der Waals surface area contributed by atoms with Gasteiger partial charge < -0.3 is 5.32 Å². The van der Waals surface area contributed by atoms with Crippen LogP contribution in [0, 0.1) is 0 Å². The molecule has 0 amide bonds. The molecular weight excluding hydrogens is 172 g/mol. The summed E-state index contributed by atoms with van der Waals surface area (Å²) >= 11 is 0. The van der Waals surface area contributed by atoms with Gasteiger partial charge in [0.25, 0.3) is 0 Å². The highest BCUT2D eigenvalue weighted by Crippen LogP contribution is 2.23. The van der Waals surface area contributed by atoms with E-state index in [-0.39, 0.29) is 0 Å². The van der Waals surface area contributed by atoms with Crippen LogP contribution in [0.3, 0.4) is 0 Å². The zero-order valence-electron chi connectivity index (χ0n) is 9.47. The van der Waals surface area contributed by atoms with Crippen LogP contribution in [0.4, 0.5) is 0 Å². The molecule has 2 rings (SSSR count). The van der Waals surface area contributed by atoms with E-state index in [1.54, 1.807) is 0 Å².